The molecule has 18 heavy (non-hydrogen) atoms. The first-order valence-electron chi connectivity index (χ1n) is 5.98. The molecule has 0 aromatic carbocycles. The zero-order chi connectivity index (χ0) is 13.2. The first-order chi connectivity index (χ1) is 8.52. The van der Waals surface area contributed by atoms with Gasteiger partial charge in [-0.1, -0.05) is 12.0 Å². The third-order valence-electron chi connectivity index (χ3n) is 3.04. The average Bonchev–Trinajstić information content (AvgIpc) is 2.92. The number of rotatable bonds is 5. The van der Waals surface area contributed by atoms with E-state index in [-0.39, 0.29) is 17.5 Å². The summed E-state index contributed by atoms with van der Waals surface area (Å²) in [5, 5.41) is 10.9. The zero-order valence-electron chi connectivity index (χ0n) is 10.6. The highest BCUT2D eigenvalue weighted by Gasteiger charge is 2.32. The maximum atomic E-state index is 11.4. The monoisotopic (exact) mass is 274 g/mol. The highest BCUT2D eigenvalue weighted by Crippen LogP contribution is 2.21. The van der Waals surface area contributed by atoms with Crippen molar-refractivity contribution >= 4 is 15.9 Å². The molecular formula is C10H18N4O3S. The van der Waals surface area contributed by atoms with Gasteiger partial charge in [0.25, 0.3) is 0 Å². The minimum absolute atomic E-state index is 0.0672. The first kappa shape index (κ1) is 13.3. The Kier molecular flexibility index (Phi) is 3.86. The van der Waals surface area contributed by atoms with Gasteiger partial charge in [0.2, 0.25) is 5.89 Å². The van der Waals surface area contributed by atoms with Gasteiger partial charge in [0.1, 0.15) is 0 Å². The molecule has 1 aromatic rings. The molecule has 0 amide bonds. The van der Waals surface area contributed by atoms with Crippen molar-refractivity contribution in [3.8, 4) is 0 Å². The minimum Gasteiger partial charge on any atom is -0.407 e. The van der Waals surface area contributed by atoms with Crippen molar-refractivity contribution in [2.24, 2.45) is 0 Å². The molecule has 0 saturated carbocycles. The van der Waals surface area contributed by atoms with Gasteiger partial charge in [-0.2, -0.15) is 0 Å². The predicted octanol–water partition coefficient (Wildman–Crippen LogP) is -0.198. The second kappa shape index (κ2) is 5.23. The Labute approximate surface area is 106 Å². The van der Waals surface area contributed by atoms with Gasteiger partial charge >= 0.3 is 6.01 Å². The molecule has 0 bridgehead atoms. The van der Waals surface area contributed by atoms with Crippen molar-refractivity contribution in [3.63, 3.8) is 0 Å². The maximum Gasteiger partial charge on any atom is 0.318 e. The third-order valence-corrected chi connectivity index (χ3v) is 4.79. The lowest BCUT2D eigenvalue weighted by Gasteiger charge is -2.20. The van der Waals surface area contributed by atoms with Gasteiger partial charge in [-0.05, 0) is 13.0 Å². The number of hydrogen-bond acceptors (Lipinski definition) is 7. The van der Waals surface area contributed by atoms with Crippen LogP contribution in [0.25, 0.3) is 0 Å². The fourth-order valence-electron chi connectivity index (χ4n) is 1.93. The number of aromatic nitrogens is 2. The Morgan fingerprint density at radius 2 is 2.28 bits per heavy atom. The van der Waals surface area contributed by atoms with E-state index in [1.165, 1.54) is 0 Å². The van der Waals surface area contributed by atoms with E-state index >= 15 is 0 Å². The lowest BCUT2D eigenvalue weighted by Crippen LogP contribution is -2.32. The summed E-state index contributed by atoms with van der Waals surface area (Å²) in [5.74, 6) is 0.911. The molecule has 1 aliphatic heterocycles. The highest BCUT2D eigenvalue weighted by atomic mass is 32.2. The lowest BCUT2D eigenvalue weighted by molar-refractivity contribution is 0.460. The van der Waals surface area contributed by atoms with Gasteiger partial charge in [0.15, 0.2) is 9.84 Å². The number of nitrogens with one attached hydrogen (secondary N) is 1. The van der Waals surface area contributed by atoms with Crippen molar-refractivity contribution in [1.29, 1.82) is 0 Å². The molecule has 8 heteroatoms. The van der Waals surface area contributed by atoms with Crippen molar-refractivity contribution in [2.75, 3.05) is 30.0 Å². The van der Waals surface area contributed by atoms with Gasteiger partial charge in [-0.3, -0.25) is 0 Å². The standard InChI is InChI=1S/C10H18N4O3S/c1-3-11-6-9-12-13-10(17-9)14(2)8-4-5-18(15,16)7-8/h8,11H,3-7H2,1-2H3. The van der Waals surface area contributed by atoms with Crippen LogP contribution in [-0.4, -0.2) is 49.8 Å². The molecule has 1 fully saturated rings. The Hall–Kier alpha value is -1.15. The molecule has 102 valence electrons. The van der Waals surface area contributed by atoms with Gasteiger partial charge in [0, 0.05) is 13.1 Å². The maximum absolute atomic E-state index is 11.4. The van der Waals surface area contributed by atoms with Crippen LogP contribution in [0.4, 0.5) is 6.01 Å². The Bertz CT molecular complexity index is 499. The fraction of sp³-hybridized carbons (Fsp3) is 0.800. The fourth-order valence-corrected chi connectivity index (χ4v) is 3.70. The van der Waals surface area contributed by atoms with Crippen LogP contribution in [0.5, 0.6) is 0 Å². The van der Waals surface area contributed by atoms with Crippen LogP contribution < -0.4 is 10.2 Å². The molecule has 1 aromatic heterocycles. The number of hydrogen-bond donors (Lipinski definition) is 1. The predicted molar refractivity (Wildman–Crippen MR) is 67.1 cm³/mol. The normalized spacial score (nSPS) is 22.2. The quantitative estimate of drug-likeness (QED) is 0.795. The molecule has 2 rings (SSSR count). The van der Waals surface area contributed by atoms with E-state index in [1.54, 1.807) is 11.9 Å². The van der Waals surface area contributed by atoms with E-state index in [4.69, 9.17) is 4.42 Å². The van der Waals surface area contributed by atoms with E-state index in [9.17, 15) is 8.42 Å². The van der Waals surface area contributed by atoms with Crippen LogP contribution >= 0.6 is 0 Å². The summed E-state index contributed by atoms with van der Waals surface area (Å²) in [4.78, 5) is 1.76. The van der Waals surface area contributed by atoms with Crippen LogP contribution in [0.2, 0.25) is 0 Å². The van der Waals surface area contributed by atoms with Crippen LogP contribution in [0.15, 0.2) is 4.42 Å². The second-order valence-corrected chi connectivity index (χ2v) is 6.66. The third kappa shape index (κ3) is 2.99. The number of sulfone groups is 1. The van der Waals surface area contributed by atoms with E-state index in [1.807, 2.05) is 6.92 Å². The summed E-state index contributed by atoms with van der Waals surface area (Å²) in [7, 11) is -1.11. The molecule has 1 saturated heterocycles. The average molecular weight is 274 g/mol. The van der Waals surface area contributed by atoms with Crippen molar-refractivity contribution in [3.05, 3.63) is 5.89 Å². The number of anilines is 1. The van der Waals surface area contributed by atoms with Crippen molar-refractivity contribution in [1.82, 2.24) is 15.5 Å². The molecule has 2 heterocycles. The molecule has 0 radical (unpaired) electrons. The summed E-state index contributed by atoms with van der Waals surface area (Å²) in [6, 6.07) is 0.312. The molecule has 1 N–H and O–H groups in total. The summed E-state index contributed by atoms with van der Waals surface area (Å²) < 4.78 is 28.3. The largest absolute Gasteiger partial charge is 0.407 e. The molecule has 1 unspecified atom stereocenters. The Morgan fingerprint density at radius 1 is 1.50 bits per heavy atom. The zero-order valence-corrected chi connectivity index (χ0v) is 11.4. The highest BCUT2D eigenvalue weighted by molar-refractivity contribution is 7.91. The first-order valence-corrected chi connectivity index (χ1v) is 7.80. The molecule has 7 nitrogen and oxygen atoms in total. The van der Waals surface area contributed by atoms with Gasteiger partial charge in [-0.15, -0.1) is 5.10 Å². The van der Waals surface area contributed by atoms with Crippen LogP contribution in [0.1, 0.15) is 19.2 Å². The van der Waals surface area contributed by atoms with Crippen molar-refractivity contribution in [2.45, 2.75) is 25.9 Å². The van der Waals surface area contributed by atoms with Gasteiger partial charge in [-0.25, -0.2) is 8.42 Å². The van der Waals surface area contributed by atoms with Gasteiger partial charge in [0.05, 0.1) is 18.1 Å². The molecule has 0 spiro atoms. The molecule has 0 aliphatic carbocycles. The molecule has 1 aliphatic rings. The Morgan fingerprint density at radius 3 is 2.89 bits per heavy atom. The van der Waals surface area contributed by atoms with Crippen LogP contribution in [-0.2, 0) is 16.4 Å². The van der Waals surface area contributed by atoms with Crippen molar-refractivity contribution < 1.29 is 12.8 Å². The summed E-state index contributed by atoms with van der Waals surface area (Å²) >= 11 is 0. The lowest BCUT2D eigenvalue weighted by atomic mass is 10.2. The van der Waals surface area contributed by atoms with Crippen LogP contribution in [0.3, 0.4) is 0 Å². The topological polar surface area (TPSA) is 88.3 Å². The van der Waals surface area contributed by atoms with E-state index in [2.05, 4.69) is 15.5 Å². The summed E-state index contributed by atoms with van der Waals surface area (Å²) in [6.07, 6.45) is 0.615. The molecular weight excluding hydrogens is 256 g/mol. The van der Waals surface area contributed by atoms with Gasteiger partial charge < -0.3 is 14.6 Å². The van der Waals surface area contributed by atoms with E-state index in [0.717, 1.165) is 6.54 Å². The van der Waals surface area contributed by atoms with E-state index in [0.29, 0.717) is 24.9 Å². The summed E-state index contributed by atoms with van der Waals surface area (Å²) in [5.41, 5.74) is 0. The minimum atomic E-state index is -2.90. The van der Waals surface area contributed by atoms with E-state index < -0.39 is 9.84 Å². The molecule has 1 atom stereocenters. The SMILES string of the molecule is CCNCc1nnc(N(C)C2CCS(=O)(=O)C2)o1. The Balaban J connectivity index is 2.01. The number of nitrogens with zero attached hydrogens (tertiary/aromatic N) is 3. The second-order valence-electron chi connectivity index (χ2n) is 4.43. The van der Waals surface area contributed by atoms with Crippen LogP contribution in [0, 0.1) is 0 Å². The summed E-state index contributed by atoms with van der Waals surface area (Å²) in [6.45, 7) is 3.35. The smallest absolute Gasteiger partial charge is 0.318 e.